The lowest BCUT2D eigenvalue weighted by Crippen LogP contribution is -2.40. The molecule has 1 fully saturated rings. The van der Waals surface area contributed by atoms with Crippen LogP contribution in [-0.2, 0) is 0 Å². The molecule has 1 nitrogen and oxygen atoms in total. The summed E-state index contributed by atoms with van der Waals surface area (Å²) in [5.41, 5.74) is 1.43. The van der Waals surface area contributed by atoms with Gasteiger partial charge < -0.3 is 0 Å². The zero-order valence-electron chi connectivity index (χ0n) is 8.64. The van der Waals surface area contributed by atoms with Gasteiger partial charge in [-0.1, -0.05) is 26.0 Å². The van der Waals surface area contributed by atoms with Gasteiger partial charge in [0.05, 0.1) is 0 Å². The first kappa shape index (κ1) is 9.79. The molecule has 0 saturated carbocycles. The number of hydrogen-bond donors (Lipinski definition) is 0. The first-order valence-corrected chi connectivity index (χ1v) is 5.02. The van der Waals surface area contributed by atoms with E-state index in [1.54, 1.807) is 0 Å². The minimum absolute atomic E-state index is 0.734. The van der Waals surface area contributed by atoms with Crippen LogP contribution in [0.5, 0.6) is 0 Å². The maximum atomic E-state index is 4.03. The van der Waals surface area contributed by atoms with Gasteiger partial charge in [0.15, 0.2) is 0 Å². The molecule has 1 aliphatic heterocycles. The Morgan fingerprint density at radius 2 is 1.67 bits per heavy atom. The fourth-order valence-corrected chi connectivity index (χ4v) is 1.67. The predicted octanol–water partition coefficient (Wildman–Crippen LogP) is 2.68. The van der Waals surface area contributed by atoms with E-state index < -0.39 is 0 Å². The van der Waals surface area contributed by atoms with Crippen LogP contribution in [0.25, 0.3) is 0 Å². The number of rotatable bonds is 2. The van der Waals surface area contributed by atoms with Gasteiger partial charge in [-0.05, 0) is 25.7 Å². The van der Waals surface area contributed by atoms with Gasteiger partial charge in [-0.25, -0.2) is 0 Å². The summed E-state index contributed by atoms with van der Waals surface area (Å²) in [4.78, 5) is 2.58. The molecule has 0 spiro atoms. The SMILES string of the molecule is C=C1CCN(C(C)C(C)C)CC1. The summed E-state index contributed by atoms with van der Waals surface area (Å²) in [6, 6.07) is 0.734. The third-order valence-electron chi connectivity index (χ3n) is 3.05. The van der Waals surface area contributed by atoms with Crippen molar-refractivity contribution in [2.45, 2.75) is 39.7 Å². The summed E-state index contributed by atoms with van der Waals surface area (Å²) >= 11 is 0. The largest absolute Gasteiger partial charge is 0.300 e. The molecule has 1 atom stereocenters. The molecule has 1 heteroatoms. The van der Waals surface area contributed by atoms with Crippen LogP contribution >= 0.6 is 0 Å². The molecule has 0 aromatic carbocycles. The standard InChI is InChI=1S/C11H21N/c1-9(2)11(4)12-7-5-10(3)6-8-12/h9,11H,3,5-8H2,1-2,4H3. The Labute approximate surface area is 76.5 Å². The van der Waals surface area contributed by atoms with Gasteiger partial charge in [0, 0.05) is 19.1 Å². The van der Waals surface area contributed by atoms with Crippen LogP contribution in [0.3, 0.4) is 0 Å². The fraction of sp³-hybridized carbons (Fsp3) is 0.818. The molecule has 0 bridgehead atoms. The molecular formula is C11H21N. The van der Waals surface area contributed by atoms with Gasteiger partial charge in [-0.15, -0.1) is 0 Å². The van der Waals surface area contributed by atoms with Gasteiger partial charge in [0.25, 0.3) is 0 Å². The summed E-state index contributed by atoms with van der Waals surface area (Å²) in [5.74, 6) is 0.774. The smallest absolute Gasteiger partial charge is 0.00901 e. The maximum absolute atomic E-state index is 4.03. The molecule has 70 valence electrons. The minimum Gasteiger partial charge on any atom is -0.300 e. The van der Waals surface area contributed by atoms with Crippen molar-refractivity contribution in [3.8, 4) is 0 Å². The van der Waals surface area contributed by atoms with Crippen LogP contribution in [-0.4, -0.2) is 24.0 Å². The van der Waals surface area contributed by atoms with Crippen molar-refractivity contribution in [3.05, 3.63) is 12.2 Å². The zero-order valence-corrected chi connectivity index (χ0v) is 8.64. The number of nitrogens with zero attached hydrogens (tertiary/aromatic N) is 1. The second-order valence-electron chi connectivity index (χ2n) is 4.27. The first-order chi connectivity index (χ1) is 5.61. The molecule has 0 aromatic rings. The van der Waals surface area contributed by atoms with E-state index in [9.17, 15) is 0 Å². The van der Waals surface area contributed by atoms with E-state index in [2.05, 4.69) is 32.3 Å². The highest BCUT2D eigenvalue weighted by molar-refractivity contribution is 4.99. The predicted molar refractivity (Wildman–Crippen MR) is 54.2 cm³/mol. The van der Waals surface area contributed by atoms with Gasteiger partial charge in [-0.2, -0.15) is 0 Å². The lowest BCUT2D eigenvalue weighted by molar-refractivity contribution is 0.157. The molecule has 1 rings (SSSR count). The monoisotopic (exact) mass is 167 g/mol. The van der Waals surface area contributed by atoms with Gasteiger partial charge >= 0.3 is 0 Å². The van der Waals surface area contributed by atoms with E-state index >= 15 is 0 Å². The zero-order chi connectivity index (χ0) is 9.14. The van der Waals surface area contributed by atoms with E-state index in [1.807, 2.05) is 0 Å². The molecule has 0 N–H and O–H groups in total. The Morgan fingerprint density at radius 1 is 1.17 bits per heavy atom. The topological polar surface area (TPSA) is 3.24 Å². The Kier molecular flexibility index (Phi) is 3.33. The van der Waals surface area contributed by atoms with Crippen molar-refractivity contribution < 1.29 is 0 Å². The Balaban J connectivity index is 2.38. The molecule has 12 heavy (non-hydrogen) atoms. The highest BCUT2D eigenvalue weighted by atomic mass is 15.2. The van der Waals surface area contributed by atoms with Crippen LogP contribution in [0.1, 0.15) is 33.6 Å². The molecule has 0 aromatic heterocycles. The van der Waals surface area contributed by atoms with Crippen LogP contribution in [0, 0.1) is 5.92 Å². The van der Waals surface area contributed by atoms with Gasteiger partial charge in [0.2, 0.25) is 0 Å². The highest BCUT2D eigenvalue weighted by Gasteiger charge is 2.19. The van der Waals surface area contributed by atoms with E-state index in [4.69, 9.17) is 0 Å². The maximum Gasteiger partial charge on any atom is 0.00901 e. The highest BCUT2D eigenvalue weighted by Crippen LogP contribution is 2.19. The molecule has 1 saturated heterocycles. The lowest BCUT2D eigenvalue weighted by Gasteiger charge is -2.35. The third kappa shape index (κ3) is 2.34. The number of piperidine rings is 1. The summed E-state index contributed by atoms with van der Waals surface area (Å²) in [6.45, 7) is 13.4. The molecule has 1 aliphatic rings. The Morgan fingerprint density at radius 3 is 2.08 bits per heavy atom. The molecular weight excluding hydrogens is 146 g/mol. The molecule has 1 heterocycles. The van der Waals surface area contributed by atoms with Crippen molar-refractivity contribution in [1.82, 2.24) is 4.90 Å². The normalized spacial score (nSPS) is 23.2. The van der Waals surface area contributed by atoms with Crippen LogP contribution in [0.2, 0.25) is 0 Å². The molecule has 1 unspecified atom stereocenters. The van der Waals surface area contributed by atoms with Gasteiger partial charge in [-0.3, -0.25) is 4.90 Å². The lowest BCUT2D eigenvalue weighted by atomic mass is 9.99. The molecule has 0 radical (unpaired) electrons. The van der Waals surface area contributed by atoms with Crippen molar-refractivity contribution in [2.75, 3.05) is 13.1 Å². The van der Waals surface area contributed by atoms with E-state index in [0.717, 1.165) is 12.0 Å². The second-order valence-corrected chi connectivity index (χ2v) is 4.27. The van der Waals surface area contributed by atoms with Crippen molar-refractivity contribution >= 4 is 0 Å². The number of likely N-dealkylation sites (tertiary alicyclic amines) is 1. The second kappa shape index (κ2) is 4.08. The summed E-state index contributed by atoms with van der Waals surface area (Å²) in [6.07, 6.45) is 2.41. The van der Waals surface area contributed by atoms with Crippen LogP contribution in [0.4, 0.5) is 0 Å². The van der Waals surface area contributed by atoms with E-state index in [-0.39, 0.29) is 0 Å². The first-order valence-electron chi connectivity index (χ1n) is 5.02. The van der Waals surface area contributed by atoms with Crippen molar-refractivity contribution in [3.63, 3.8) is 0 Å². The molecule has 0 amide bonds. The number of hydrogen-bond acceptors (Lipinski definition) is 1. The minimum atomic E-state index is 0.734. The summed E-state index contributed by atoms with van der Waals surface area (Å²) < 4.78 is 0. The van der Waals surface area contributed by atoms with E-state index in [1.165, 1.54) is 31.5 Å². The fourth-order valence-electron chi connectivity index (χ4n) is 1.67. The van der Waals surface area contributed by atoms with Crippen LogP contribution < -0.4 is 0 Å². The quantitative estimate of drug-likeness (QED) is 0.572. The van der Waals surface area contributed by atoms with Crippen molar-refractivity contribution in [2.24, 2.45) is 5.92 Å². The summed E-state index contributed by atoms with van der Waals surface area (Å²) in [5, 5.41) is 0. The van der Waals surface area contributed by atoms with Crippen molar-refractivity contribution in [1.29, 1.82) is 0 Å². The average Bonchev–Trinajstić information content (AvgIpc) is 2.04. The van der Waals surface area contributed by atoms with Gasteiger partial charge in [0.1, 0.15) is 0 Å². The van der Waals surface area contributed by atoms with Crippen LogP contribution in [0.15, 0.2) is 12.2 Å². The Bertz CT molecular complexity index is 150. The molecule has 0 aliphatic carbocycles. The third-order valence-corrected chi connectivity index (χ3v) is 3.05. The van der Waals surface area contributed by atoms with E-state index in [0.29, 0.717) is 0 Å². The average molecular weight is 167 g/mol. The Hall–Kier alpha value is -0.300. The summed E-state index contributed by atoms with van der Waals surface area (Å²) in [7, 11) is 0.